The lowest BCUT2D eigenvalue weighted by molar-refractivity contribution is -0.207. The summed E-state index contributed by atoms with van der Waals surface area (Å²) >= 11 is 0. The summed E-state index contributed by atoms with van der Waals surface area (Å²) < 4.78 is 6.82. The molecule has 0 fully saturated rings. The van der Waals surface area contributed by atoms with Gasteiger partial charge < -0.3 is 10.5 Å². The molecule has 0 saturated carbocycles. The molecule has 33 heavy (non-hydrogen) atoms. The Kier molecular flexibility index (Phi) is 4.26. The molecule has 0 bridgehead atoms. The molecule has 2 heterocycles. The van der Waals surface area contributed by atoms with Crippen LogP contribution in [-0.4, -0.2) is 18.1 Å². The maximum Gasteiger partial charge on any atom is 0.222 e. The van der Waals surface area contributed by atoms with Crippen molar-refractivity contribution in [3.63, 3.8) is 0 Å². The van der Waals surface area contributed by atoms with Crippen LogP contribution in [0.1, 0.15) is 41.5 Å². The van der Waals surface area contributed by atoms with Gasteiger partial charge in [0.2, 0.25) is 11.7 Å². The second kappa shape index (κ2) is 7.09. The van der Waals surface area contributed by atoms with Crippen LogP contribution in [0.5, 0.6) is 5.75 Å². The van der Waals surface area contributed by atoms with E-state index in [-0.39, 0.29) is 0 Å². The van der Waals surface area contributed by atoms with E-state index in [2.05, 4.69) is 36.4 Å². The van der Waals surface area contributed by atoms with Crippen LogP contribution in [-0.2, 0) is 22.6 Å². The quantitative estimate of drug-likeness (QED) is 0.603. The maximum atomic E-state index is 9.32. The minimum atomic E-state index is -0.973. The third-order valence-electron chi connectivity index (χ3n) is 7.00. The molecule has 2 spiro atoms. The van der Waals surface area contributed by atoms with Crippen LogP contribution >= 0.6 is 0 Å². The average molecular weight is 437 g/mol. The van der Waals surface area contributed by atoms with Crippen molar-refractivity contribution in [1.29, 1.82) is 5.26 Å². The molecule has 3 aliphatic rings. The van der Waals surface area contributed by atoms with Crippen molar-refractivity contribution in [3.05, 3.63) is 89.0 Å². The standard InChI is InChI=1S/C27H24N4O2/c1-31-25(29)30-27(33-31)17-26(13-5-9-19-7-2-3-10-22(19)26)32-24-12-11-21(15-23(24)27)20-8-4-6-18(14-20)16-28/h2-4,6-8,10-12,14-15H,5,9,13,17H2,1H3,(H2,29,30)/t26-,27+/m1/s1. The molecule has 2 atom stereocenters. The van der Waals surface area contributed by atoms with Gasteiger partial charge in [-0.15, -0.1) is 0 Å². The molecule has 6 nitrogen and oxygen atoms in total. The number of ether oxygens (including phenoxy) is 1. The van der Waals surface area contributed by atoms with Gasteiger partial charge in [-0.25, -0.2) is 14.9 Å². The minimum Gasteiger partial charge on any atom is -0.482 e. The van der Waals surface area contributed by atoms with Crippen molar-refractivity contribution in [3.8, 4) is 22.9 Å². The van der Waals surface area contributed by atoms with Gasteiger partial charge in [-0.3, -0.25) is 0 Å². The SMILES string of the molecule is CN1O[C@]2(C[C@@]3(CCCc4ccccc43)Oc3ccc(-c4cccc(C#N)c4)cc32)N=C1N. The third-order valence-corrected chi connectivity index (χ3v) is 7.00. The van der Waals surface area contributed by atoms with Gasteiger partial charge in [0.05, 0.1) is 17.2 Å². The Bertz CT molecular complexity index is 1340. The van der Waals surface area contributed by atoms with Gasteiger partial charge in [0, 0.05) is 13.5 Å². The summed E-state index contributed by atoms with van der Waals surface area (Å²) in [6.07, 6.45) is 3.51. The van der Waals surface area contributed by atoms with Crippen LogP contribution in [0, 0.1) is 11.3 Å². The molecular formula is C27H24N4O2. The van der Waals surface area contributed by atoms with E-state index in [0.29, 0.717) is 17.9 Å². The Morgan fingerprint density at radius 1 is 1.03 bits per heavy atom. The third kappa shape index (κ3) is 3.00. The molecule has 2 N–H and O–H groups in total. The second-order valence-electron chi connectivity index (χ2n) is 9.03. The fourth-order valence-corrected chi connectivity index (χ4v) is 5.50. The van der Waals surface area contributed by atoms with Crippen molar-refractivity contribution in [2.75, 3.05) is 7.05 Å². The molecule has 0 radical (unpaired) electrons. The van der Waals surface area contributed by atoms with Gasteiger partial charge in [0.15, 0.2) is 0 Å². The van der Waals surface area contributed by atoms with Crippen LogP contribution in [0.3, 0.4) is 0 Å². The van der Waals surface area contributed by atoms with Crippen LogP contribution in [0.4, 0.5) is 0 Å². The highest BCUT2D eigenvalue weighted by Crippen LogP contribution is 2.56. The highest BCUT2D eigenvalue weighted by atomic mass is 16.7. The molecule has 6 heteroatoms. The predicted octanol–water partition coefficient (Wildman–Crippen LogP) is 4.58. The van der Waals surface area contributed by atoms with E-state index in [1.54, 1.807) is 18.2 Å². The predicted molar refractivity (Wildman–Crippen MR) is 125 cm³/mol. The molecule has 6 rings (SSSR count). The molecule has 0 unspecified atom stereocenters. The molecule has 0 amide bonds. The van der Waals surface area contributed by atoms with Crippen molar-refractivity contribution < 1.29 is 9.57 Å². The Morgan fingerprint density at radius 2 is 1.88 bits per heavy atom. The molecule has 2 aliphatic heterocycles. The summed E-state index contributed by atoms with van der Waals surface area (Å²) in [5.74, 6) is 1.10. The van der Waals surface area contributed by atoms with E-state index < -0.39 is 11.3 Å². The molecule has 164 valence electrons. The summed E-state index contributed by atoms with van der Waals surface area (Å²) in [4.78, 5) is 11.2. The topological polar surface area (TPSA) is 83.9 Å². The van der Waals surface area contributed by atoms with Gasteiger partial charge >= 0.3 is 0 Å². The smallest absolute Gasteiger partial charge is 0.222 e. The zero-order chi connectivity index (χ0) is 22.6. The van der Waals surface area contributed by atoms with Crippen molar-refractivity contribution in [2.24, 2.45) is 10.7 Å². The van der Waals surface area contributed by atoms with E-state index in [0.717, 1.165) is 41.7 Å². The number of nitrogens with two attached hydrogens (primary N) is 1. The summed E-state index contributed by atoms with van der Waals surface area (Å²) in [6.45, 7) is 0. The zero-order valence-corrected chi connectivity index (χ0v) is 18.4. The van der Waals surface area contributed by atoms with Gasteiger partial charge in [-0.1, -0.05) is 42.5 Å². The van der Waals surface area contributed by atoms with Crippen LogP contribution < -0.4 is 10.5 Å². The molecular weight excluding hydrogens is 412 g/mol. The lowest BCUT2D eigenvalue weighted by atomic mass is 9.72. The van der Waals surface area contributed by atoms with Crippen LogP contribution in [0.25, 0.3) is 11.1 Å². The lowest BCUT2D eigenvalue weighted by Crippen LogP contribution is -2.48. The molecule has 1 aliphatic carbocycles. The summed E-state index contributed by atoms with van der Waals surface area (Å²) in [5.41, 5.74) is 10.6. The number of guanidine groups is 1. The largest absolute Gasteiger partial charge is 0.482 e. The Hall–Kier alpha value is -3.82. The van der Waals surface area contributed by atoms with E-state index in [4.69, 9.17) is 20.3 Å². The monoisotopic (exact) mass is 436 g/mol. The van der Waals surface area contributed by atoms with Crippen molar-refractivity contribution in [2.45, 2.75) is 37.0 Å². The second-order valence-corrected chi connectivity index (χ2v) is 9.03. The number of aliphatic imine (C=N–C) groups is 1. The van der Waals surface area contributed by atoms with Gasteiger partial charge in [0.1, 0.15) is 11.4 Å². The Morgan fingerprint density at radius 3 is 2.70 bits per heavy atom. The highest BCUT2D eigenvalue weighted by molar-refractivity contribution is 5.79. The number of fused-ring (bicyclic) bond motifs is 4. The maximum absolute atomic E-state index is 9.32. The number of nitriles is 1. The number of aryl methyl sites for hydroxylation is 1. The first kappa shape index (κ1) is 19.8. The molecule has 3 aromatic rings. The van der Waals surface area contributed by atoms with Crippen molar-refractivity contribution in [1.82, 2.24) is 5.06 Å². The molecule has 3 aromatic carbocycles. The number of rotatable bonds is 1. The average Bonchev–Trinajstić information content (AvgIpc) is 3.12. The first-order chi connectivity index (χ1) is 16.0. The van der Waals surface area contributed by atoms with E-state index in [1.807, 2.05) is 30.3 Å². The van der Waals surface area contributed by atoms with E-state index in [1.165, 1.54) is 11.1 Å². The number of hydrogen-bond acceptors (Lipinski definition) is 6. The number of nitrogens with zero attached hydrogens (tertiary/aromatic N) is 3. The summed E-state index contributed by atoms with van der Waals surface area (Å²) in [7, 11) is 1.78. The first-order valence-electron chi connectivity index (χ1n) is 11.2. The highest BCUT2D eigenvalue weighted by Gasteiger charge is 2.56. The van der Waals surface area contributed by atoms with Crippen LogP contribution in [0.15, 0.2) is 71.7 Å². The first-order valence-corrected chi connectivity index (χ1v) is 11.2. The van der Waals surface area contributed by atoms with Gasteiger partial charge in [-0.2, -0.15) is 5.26 Å². The fraction of sp³-hybridized carbons (Fsp3) is 0.259. The Labute approximate surface area is 192 Å². The van der Waals surface area contributed by atoms with Gasteiger partial charge in [-0.05, 0) is 65.8 Å². The molecule has 0 saturated heterocycles. The summed E-state index contributed by atoms with van der Waals surface area (Å²) in [5, 5.41) is 10.9. The fourth-order valence-electron chi connectivity index (χ4n) is 5.50. The number of hydrogen-bond donors (Lipinski definition) is 1. The number of benzene rings is 3. The van der Waals surface area contributed by atoms with Crippen LogP contribution in [0.2, 0.25) is 0 Å². The Balaban J connectivity index is 1.53. The lowest BCUT2D eigenvalue weighted by Gasteiger charge is -2.47. The zero-order valence-electron chi connectivity index (χ0n) is 18.4. The summed E-state index contributed by atoms with van der Waals surface area (Å²) in [6, 6.07) is 24.4. The van der Waals surface area contributed by atoms with E-state index >= 15 is 0 Å². The van der Waals surface area contributed by atoms with Gasteiger partial charge in [0.25, 0.3) is 0 Å². The van der Waals surface area contributed by atoms with E-state index in [9.17, 15) is 5.26 Å². The van der Waals surface area contributed by atoms with Crippen molar-refractivity contribution >= 4 is 5.96 Å². The molecule has 0 aromatic heterocycles. The minimum absolute atomic E-state index is 0.346. The normalized spacial score (nSPS) is 25.2. The number of hydroxylamine groups is 2.